The molecule has 1 aliphatic carbocycles. The van der Waals surface area contributed by atoms with Crippen molar-refractivity contribution in [3.05, 3.63) is 22.2 Å². The van der Waals surface area contributed by atoms with Gasteiger partial charge in [0.1, 0.15) is 11.6 Å². The highest BCUT2D eigenvalue weighted by molar-refractivity contribution is 7.84. The summed E-state index contributed by atoms with van der Waals surface area (Å²) >= 11 is 0. The molecule has 0 amide bonds. The van der Waals surface area contributed by atoms with Crippen LogP contribution in [0, 0.1) is 0 Å². The Balaban J connectivity index is 1.99. The van der Waals surface area contributed by atoms with Gasteiger partial charge in [-0.25, -0.2) is 4.98 Å². The Morgan fingerprint density at radius 3 is 2.94 bits per heavy atom. The Morgan fingerprint density at radius 2 is 2.33 bits per heavy atom. The van der Waals surface area contributed by atoms with E-state index in [0.29, 0.717) is 17.5 Å². The van der Waals surface area contributed by atoms with Crippen molar-refractivity contribution >= 4 is 16.6 Å². The van der Waals surface area contributed by atoms with Crippen LogP contribution in [0.5, 0.6) is 0 Å². The van der Waals surface area contributed by atoms with Gasteiger partial charge in [0.05, 0.1) is 0 Å². The summed E-state index contributed by atoms with van der Waals surface area (Å²) in [4.78, 5) is 18.7. The van der Waals surface area contributed by atoms with Gasteiger partial charge in [-0.2, -0.15) is 0 Å². The predicted octanol–water partition coefficient (Wildman–Crippen LogP) is 1.22. The minimum atomic E-state index is -0.779. The van der Waals surface area contributed by atoms with E-state index < -0.39 is 10.8 Å². The number of rotatable bonds is 6. The maximum absolute atomic E-state index is 11.5. The minimum Gasteiger partial charge on any atom is -0.367 e. The van der Waals surface area contributed by atoms with Crippen molar-refractivity contribution in [1.29, 1.82) is 0 Å². The summed E-state index contributed by atoms with van der Waals surface area (Å²) in [5, 5.41) is 3.20. The maximum Gasteiger partial charge on any atom is 0.252 e. The van der Waals surface area contributed by atoms with E-state index in [4.69, 9.17) is 0 Å². The van der Waals surface area contributed by atoms with E-state index in [-0.39, 0.29) is 11.6 Å². The molecule has 2 atom stereocenters. The second-order valence-corrected chi connectivity index (χ2v) is 6.46. The first kappa shape index (κ1) is 13.3. The van der Waals surface area contributed by atoms with Gasteiger partial charge in [0.25, 0.3) is 5.56 Å². The van der Waals surface area contributed by atoms with Crippen LogP contribution in [0.1, 0.15) is 37.9 Å². The Bertz CT molecular complexity index is 496. The number of nitrogens with zero attached hydrogens (tertiary/aromatic N) is 1. The van der Waals surface area contributed by atoms with Crippen molar-refractivity contribution in [2.45, 2.75) is 38.1 Å². The molecular formula is C12H19N3O2S. The van der Waals surface area contributed by atoms with Crippen LogP contribution in [0.2, 0.25) is 0 Å². The molecule has 0 radical (unpaired) electrons. The fraction of sp³-hybridized carbons (Fsp3) is 0.667. The maximum atomic E-state index is 11.5. The van der Waals surface area contributed by atoms with Gasteiger partial charge in [-0.05, 0) is 26.2 Å². The summed E-state index contributed by atoms with van der Waals surface area (Å²) in [6, 6.07) is 1.64. The van der Waals surface area contributed by atoms with Crippen LogP contribution in [-0.2, 0) is 10.8 Å². The number of nitrogens with one attached hydrogen (secondary N) is 2. The van der Waals surface area contributed by atoms with E-state index in [1.165, 1.54) is 6.07 Å². The van der Waals surface area contributed by atoms with Crippen molar-refractivity contribution in [2.75, 3.05) is 17.3 Å². The van der Waals surface area contributed by atoms with Gasteiger partial charge < -0.3 is 10.3 Å². The predicted molar refractivity (Wildman–Crippen MR) is 73.5 cm³/mol. The van der Waals surface area contributed by atoms with Gasteiger partial charge in [0.2, 0.25) is 0 Å². The fourth-order valence-electron chi connectivity index (χ4n) is 1.77. The lowest BCUT2D eigenvalue weighted by atomic mass is 10.2. The lowest BCUT2D eigenvalue weighted by Gasteiger charge is -2.14. The second kappa shape index (κ2) is 5.65. The largest absolute Gasteiger partial charge is 0.367 e. The average Bonchev–Trinajstić information content (AvgIpc) is 3.09. The van der Waals surface area contributed by atoms with Crippen molar-refractivity contribution in [2.24, 2.45) is 0 Å². The number of hydrogen-bond donors (Lipinski definition) is 2. The Morgan fingerprint density at radius 1 is 1.61 bits per heavy atom. The summed E-state index contributed by atoms with van der Waals surface area (Å²) in [5.74, 6) is 2.50. The molecule has 2 rings (SSSR count). The fourth-order valence-corrected chi connectivity index (χ4v) is 2.45. The normalized spacial score (nSPS) is 18.3. The van der Waals surface area contributed by atoms with Crippen LogP contribution in [-0.4, -0.2) is 32.2 Å². The van der Waals surface area contributed by atoms with Gasteiger partial charge in [-0.1, -0.05) is 0 Å². The van der Waals surface area contributed by atoms with E-state index >= 15 is 0 Å². The Labute approximate surface area is 109 Å². The van der Waals surface area contributed by atoms with Gasteiger partial charge in [0.15, 0.2) is 0 Å². The molecule has 0 aliphatic heterocycles. The summed E-state index contributed by atoms with van der Waals surface area (Å²) in [6.45, 7) is 2.01. The smallest absolute Gasteiger partial charge is 0.252 e. The molecule has 0 saturated heterocycles. The van der Waals surface area contributed by atoms with Crippen LogP contribution in [0.3, 0.4) is 0 Å². The van der Waals surface area contributed by atoms with Gasteiger partial charge in [0, 0.05) is 40.8 Å². The first-order valence-corrected chi connectivity index (χ1v) is 7.95. The molecule has 2 N–H and O–H groups in total. The highest BCUT2D eigenvalue weighted by Gasteiger charge is 2.26. The van der Waals surface area contributed by atoms with Crippen molar-refractivity contribution in [1.82, 2.24) is 9.97 Å². The standard InChI is InChI=1S/C12H19N3O2S/c1-8(5-6-18(2)17)13-10-7-11(16)15-12(14-10)9-3-4-9/h7-9H,3-6H2,1-2H3,(H2,13,14,15,16). The van der Waals surface area contributed by atoms with E-state index in [9.17, 15) is 9.00 Å². The van der Waals surface area contributed by atoms with Crippen LogP contribution in [0.25, 0.3) is 0 Å². The highest BCUT2D eigenvalue weighted by atomic mass is 32.2. The van der Waals surface area contributed by atoms with E-state index in [1.807, 2.05) is 6.92 Å². The molecule has 1 heterocycles. The third-order valence-electron chi connectivity index (χ3n) is 2.96. The van der Waals surface area contributed by atoms with Crippen molar-refractivity contribution in [3.8, 4) is 0 Å². The van der Waals surface area contributed by atoms with E-state index in [2.05, 4.69) is 15.3 Å². The molecule has 1 aliphatic rings. The Kier molecular flexibility index (Phi) is 4.16. The molecule has 1 fully saturated rings. The summed E-state index contributed by atoms with van der Waals surface area (Å²) in [7, 11) is -0.779. The molecule has 18 heavy (non-hydrogen) atoms. The number of aromatic nitrogens is 2. The molecule has 5 nitrogen and oxygen atoms in total. The summed E-state index contributed by atoms with van der Waals surface area (Å²) in [5.41, 5.74) is -0.110. The summed E-state index contributed by atoms with van der Waals surface area (Å²) in [6.07, 6.45) is 4.72. The quantitative estimate of drug-likeness (QED) is 0.814. The first-order valence-electron chi connectivity index (χ1n) is 6.22. The third-order valence-corrected chi connectivity index (χ3v) is 3.77. The number of H-pyrrole nitrogens is 1. The molecule has 0 bridgehead atoms. The van der Waals surface area contributed by atoms with Gasteiger partial charge >= 0.3 is 0 Å². The number of anilines is 1. The lowest BCUT2D eigenvalue weighted by molar-refractivity contribution is 0.678. The molecule has 2 unspecified atom stereocenters. The number of hydrogen-bond acceptors (Lipinski definition) is 4. The molecule has 1 aromatic rings. The third kappa shape index (κ3) is 3.94. The van der Waals surface area contributed by atoms with Crippen molar-refractivity contribution in [3.63, 3.8) is 0 Å². The molecule has 1 saturated carbocycles. The monoisotopic (exact) mass is 269 g/mol. The van der Waals surface area contributed by atoms with Gasteiger partial charge in [-0.3, -0.25) is 9.00 Å². The van der Waals surface area contributed by atoms with E-state index in [0.717, 1.165) is 25.1 Å². The topological polar surface area (TPSA) is 74.8 Å². The molecule has 6 heteroatoms. The zero-order valence-corrected chi connectivity index (χ0v) is 11.5. The SMILES string of the molecule is CC(CCS(C)=O)Nc1cc(=O)[nH]c(C2CC2)n1. The molecule has 100 valence electrons. The zero-order chi connectivity index (χ0) is 13.1. The first-order chi connectivity index (χ1) is 8.54. The van der Waals surface area contributed by atoms with Crippen molar-refractivity contribution < 1.29 is 4.21 Å². The molecule has 0 aromatic carbocycles. The minimum absolute atomic E-state index is 0.110. The Hall–Kier alpha value is -1.17. The lowest BCUT2D eigenvalue weighted by Crippen LogP contribution is -2.21. The highest BCUT2D eigenvalue weighted by Crippen LogP contribution is 2.37. The molecular weight excluding hydrogens is 250 g/mol. The van der Waals surface area contributed by atoms with Crippen LogP contribution in [0.15, 0.2) is 10.9 Å². The zero-order valence-electron chi connectivity index (χ0n) is 10.7. The second-order valence-electron chi connectivity index (χ2n) is 4.90. The summed E-state index contributed by atoms with van der Waals surface area (Å²) < 4.78 is 11.0. The molecule has 0 spiro atoms. The van der Waals surface area contributed by atoms with Crippen LogP contribution < -0.4 is 10.9 Å². The van der Waals surface area contributed by atoms with Crippen LogP contribution in [0.4, 0.5) is 5.82 Å². The van der Waals surface area contributed by atoms with Crippen LogP contribution >= 0.6 is 0 Å². The van der Waals surface area contributed by atoms with Gasteiger partial charge in [-0.15, -0.1) is 0 Å². The number of aromatic amines is 1. The average molecular weight is 269 g/mol. The van der Waals surface area contributed by atoms with E-state index in [1.54, 1.807) is 6.26 Å². The molecule has 1 aromatic heterocycles.